The van der Waals surface area contributed by atoms with Crippen molar-refractivity contribution in [2.75, 3.05) is 20.2 Å². The predicted octanol–water partition coefficient (Wildman–Crippen LogP) is 3.79. The molecule has 31 heavy (non-hydrogen) atoms. The van der Waals surface area contributed by atoms with Gasteiger partial charge in [0.05, 0.1) is 7.11 Å². The zero-order valence-electron chi connectivity index (χ0n) is 18.1. The van der Waals surface area contributed by atoms with Crippen molar-refractivity contribution in [3.05, 3.63) is 65.2 Å². The van der Waals surface area contributed by atoms with Crippen molar-refractivity contribution in [1.82, 2.24) is 10.2 Å². The van der Waals surface area contributed by atoms with Crippen molar-refractivity contribution in [3.8, 4) is 5.75 Å². The molecule has 0 spiro atoms. The summed E-state index contributed by atoms with van der Waals surface area (Å²) in [5.74, 6) is 2.40. The van der Waals surface area contributed by atoms with Crippen LogP contribution in [0.2, 0.25) is 0 Å². The van der Waals surface area contributed by atoms with Gasteiger partial charge < -0.3 is 15.0 Å². The molecule has 160 valence electrons. The summed E-state index contributed by atoms with van der Waals surface area (Å²) in [4.78, 5) is 15.8. The molecule has 2 aliphatic heterocycles. The van der Waals surface area contributed by atoms with Gasteiger partial charge in [0.2, 0.25) is 0 Å². The van der Waals surface area contributed by atoms with Crippen LogP contribution in [0, 0.1) is 17.3 Å². The molecule has 5 unspecified atom stereocenters. The zero-order chi connectivity index (χ0) is 20.8. The number of carbonyl (C=O) groups is 1. The number of hydrogen-bond acceptors (Lipinski definition) is 3. The molecule has 2 heterocycles. The Kier molecular flexibility index (Phi) is 3.61. The van der Waals surface area contributed by atoms with Crippen LogP contribution in [0.3, 0.4) is 0 Å². The molecule has 7 rings (SSSR count). The van der Waals surface area contributed by atoms with Gasteiger partial charge in [-0.15, -0.1) is 0 Å². The third-order valence-corrected chi connectivity index (χ3v) is 9.80. The second-order valence-electron chi connectivity index (χ2n) is 10.5. The van der Waals surface area contributed by atoms with Crippen LogP contribution in [0.4, 0.5) is 0 Å². The van der Waals surface area contributed by atoms with Crippen LogP contribution in [-0.2, 0) is 11.8 Å². The van der Waals surface area contributed by atoms with E-state index in [4.69, 9.17) is 4.74 Å². The van der Waals surface area contributed by atoms with Gasteiger partial charge in [0.25, 0.3) is 5.91 Å². The van der Waals surface area contributed by atoms with Crippen LogP contribution in [0.15, 0.2) is 48.5 Å². The van der Waals surface area contributed by atoms with E-state index in [0.717, 1.165) is 37.2 Å². The number of amides is 1. The highest BCUT2D eigenvalue weighted by Gasteiger charge is 2.75. The summed E-state index contributed by atoms with van der Waals surface area (Å²) < 4.78 is 5.69. The largest absolute Gasteiger partial charge is 0.497 e. The number of ether oxygens (including phenoxy) is 1. The molecule has 5 aliphatic rings. The number of piperidine rings is 1. The van der Waals surface area contributed by atoms with E-state index in [0.29, 0.717) is 29.3 Å². The molecule has 3 aliphatic carbocycles. The number of hydrogen-bond donors (Lipinski definition) is 1. The Hall–Kier alpha value is -2.33. The molecule has 2 saturated carbocycles. The highest BCUT2D eigenvalue weighted by atomic mass is 16.5. The lowest BCUT2D eigenvalue weighted by atomic mass is 9.44. The minimum Gasteiger partial charge on any atom is -0.497 e. The maximum absolute atomic E-state index is 13.5. The van der Waals surface area contributed by atoms with Crippen molar-refractivity contribution in [1.29, 1.82) is 0 Å². The molecule has 2 saturated heterocycles. The maximum Gasteiger partial charge on any atom is 0.254 e. The molecule has 0 radical (unpaired) electrons. The van der Waals surface area contributed by atoms with Crippen LogP contribution >= 0.6 is 0 Å². The summed E-state index contributed by atoms with van der Waals surface area (Å²) in [7, 11) is 1.78. The lowest BCUT2D eigenvalue weighted by molar-refractivity contribution is -0.0447. The Labute approximate surface area is 184 Å². The molecular formula is C27H30N2O2. The van der Waals surface area contributed by atoms with Crippen molar-refractivity contribution in [2.45, 2.75) is 49.6 Å². The maximum atomic E-state index is 13.5. The Morgan fingerprint density at radius 2 is 2.03 bits per heavy atom. The molecule has 4 fully saturated rings. The Bertz CT molecular complexity index is 1070. The third kappa shape index (κ3) is 2.08. The number of methoxy groups -OCH3 is 1. The van der Waals surface area contributed by atoms with Crippen molar-refractivity contribution in [2.24, 2.45) is 17.3 Å². The monoisotopic (exact) mass is 414 g/mol. The molecule has 6 atom stereocenters. The van der Waals surface area contributed by atoms with Gasteiger partial charge in [-0.25, -0.2) is 0 Å². The van der Waals surface area contributed by atoms with Crippen LogP contribution in [-0.4, -0.2) is 43.1 Å². The quantitative estimate of drug-likeness (QED) is 0.813. The van der Waals surface area contributed by atoms with E-state index in [2.05, 4.69) is 28.4 Å². The van der Waals surface area contributed by atoms with Gasteiger partial charge in [-0.05, 0) is 91.3 Å². The van der Waals surface area contributed by atoms with Gasteiger partial charge in [-0.1, -0.05) is 24.3 Å². The smallest absolute Gasteiger partial charge is 0.254 e. The Balaban J connectivity index is 1.37. The van der Waals surface area contributed by atoms with E-state index < -0.39 is 0 Å². The van der Waals surface area contributed by atoms with Crippen LogP contribution < -0.4 is 10.1 Å². The molecule has 1 amide bonds. The fourth-order valence-electron chi connectivity index (χ4n) is 8.99. The highest BCUT2D eigenvalue weighted by molar-refractivity contribution is 5.94. The average molecular weight is 415 g/mol. The van der Waals surface area contributed by atoms with Gasteiger partial charge in [-0.3, -0.25) is 4.79 Å². The van der Waals surface area contributed by atoms with Gasteiger partial charge >= 0.3 is 0 Å². The average Bonchev–Trinajstić information content (AvgIpc) is 3.25. The van der Waals surface area contributed by atoms with Crippen molar-refractivity contribution in [3.63, 3.8) is 0 Å². The van der Waals surface area contributed by atoms with E-state index in [1.807, 2.05) is 30.3 Å². The minimum absolute atomic E-state index is 0.185. The van der Waals surface area contributed by atoms with Gasteiger partial charge in [0.1, 0.15) is 5.75 Å². The first-order chi connectivity index (χ1) is 15.2. The predicted molar refractivity (Wildman–Crippen MR) is 119 cm³/mol. The molecule has 2 aromatic rings. The van der Waals surface area contributed by atoms with Crippen LogP contribution in [0.1, 0.15) is 47.2 Å². The third-order valence-electron chi connectivity index (χ3n) is 9.80. The summed E-state index contributed by atoms with van der Waals surface area (Å²) >= 11 is 0. The van der Waals surface area contributed by atoms with Crippen LogP contribution in [0.5, 0.6) is 5.75 Å². The molecule has 4 bridgehead atoms. The Morgan fingerprint density at radius 1 is 1.16 bits per heavy atom. The normalized spacial score (nSPS) is 39.1. The first kappa shape index (κ1) is 18.3. The lowest BCUT2D eigenvalue weighted by Gasteiger charge is -2.64. The van der Waals surface area contributed by atoms with Gasteiger partial charge in [0.15, 0.2) is 0 Å². The molecule has 4 nitrogen and oxygen atoms in total. The van der Waals surface area contributed by atoms with E-state index in [1.165, 1.54) is 24.8 Å². The second kappa shape index (κ2) is 6.13. The van der Waals surface area contributed by atoms with E-state index in [-0.39, 0.29) is 11.3 Å². The molecule has 1 N–H and O–H groups in total. The molecule has 4 heteroatoms. The topological polar surface area (TPSA) is 41.6 Å². The zero-order valence-corrected chi connectivity index (χ0v) is 18.1. The number of nitrogens with zero attached hydrogens (tertiary/aromatic N) is 1. The fourth-order valence-corrected chi connectivity index (χ4v) is 8.99. The van der Waals surface area contributed by atoms with Crippen LogP contribution in [0.25, 0.3) is 0 Å². The molecular weight excluding hydrogens is 384 g/mol. The van der Waals surface area contributed by atoms with Crippen molar-refractivity contribution < 1.29 is 9.53 Å². The van der Waals surface area contributed by atoms with E-state index in [1.54, 1.807) is 12.7 Å². The van der Waals surface area contributed by atoms with Gasteiger partial charge in [-0.2, -0.15) is 0 Å². The van der Waals surface area contributed by atoms with Gasteiger partial charge in [0, 0.05) is 29.6 Å². The SMILES string of the molecule is COc1ccc2c(c1)C13CCNC(C2)C12CCC1C3[C@@H](CN1C(=O)c1ccccc1)C2. The Morgan fingerprint density at radius 3 is 2.87 bits per heavy atom. The number of rotatable bonds is 2. The number of carbonyl (C=O) groups excluding carboxylic acids is 1. The fraction of sp³-hybridized carbons (Fsp3) is 0.519. The summed E-state index contributed by atoms with van der Waals surface area (Å²) in [6, 6.07) is 17.6. The summed E-state index contributed by atoms with van der Waals surface area (Å²) in [5, 5.41) is 3.94. The summed E-state index contributed by atoms with van der Waals surface area (Å²) in [5.41, 5.74) is 4.42. The first-order valence-corrected chi connectivity index (χ1v) is 11.9. The second-order valence-corrected chi connectivity index (χ2v) is 10.5. The summed E-state index contributed by atoms with van der Waals surface area (Å²) in [6.45, 7) is 2.02. The number of nitrogens with one attached hydrogen (secondary N) is 1. The number of benzene rings is 2. The number of likely N-dealkylation sites (tertiary alicyclic amines) is 1. The molecule has 2 aromatic carbocycles. The standard InChI is InChI=1S/C27H30N2O2/c1-31-20-8-7-18-13-23-26-10-9-22-24(27(26,11-12-28-23)21(18)14-20)19(15-26)16-29(22)25(30)17-5-3-2-4-6-17/h2-8,14,19,22-24,28H,9-13,15-16H2,1H3/t19-,22?,23?,24?,26?,27?/m1/s1. The minimum atomic E-state index is 0.185. The lowest BCUT2D eigenvalue weighted by Crippen LogP contribution is -2.69. The van der Waals surface area contributed by atoms with E-state index in [9.17, 15) is 4.79 Å². The number of fused-ring (bicyclic) bond motifs is 1. The van der Waals surface area contributed by atoms with E-state index >= 15 is 0 Å². The highest BCUT2D eigenvalue weighted by Crippen LogP contribution is 2.74. The molecule has 0 aromatic heterocycles. The summed E-state index contributed by atoms with van der Waals surface area (Å²) in [6.07, 6.45) is 5.98. The van der Waals surface area contributed by atoms with Crippen molar-refractivity contribution >= 4 is 5.91 Å². The first-order valence-electron chi connectivity index (χ1n) is 11.9.